The first-order valence-corrected chi connectivity index (χ1v) is 6.06. The van der Waals surface area contributed by atoms with Gasteiger partial charge in [0.15, 0.2) is 5.75 Å². The molecule has 0 bridgehead atoms. The number of carbonyl (C=O) groups excluding carboxylic acids is 2. The molecule has 108 valence electrons. The van der Waals surface area contributed by atoms with Gasteiger partial charge in [-0.3, -0.25) is 5.32 Å². The second kappa shape index (κ2) is 6.42. The van der Waals surface area contributed by atoms with Crippen LogP contribution < -0.4 is 10.1 Å². The van der Waals surface area contributed by atoms with Gasteiger partial charge in [0.05, 0.1) is 12.8 Å². The zero-order chi connectivity index (χ0) is 15.2. The van der Waals surface area contributed by atoms with E-state index in [9.17, 15) is 14.7 Å². The first-order chi connectivity index (χ1) is 10.1. The summed E-state index contributed by atoms with van der Waals surface area (Å²) in [5.41, 5.74) is 0.00819. The fourth-order valence-electron chi connectivity index (χ4n) is 1.65. The monoisotopic (exact) mass is 287 g/mol. The van der Waals surface area contributed by atoms with Crippen molar-refractivity contribution >= 4 is 17.7 Å². The largest absolute Gasteiger partial charge is 0.505 e. The average molecular weight is 287 g/mol. The minimum absolute atomic E-state index is 0.0463. The predicted octanol–water partition coefficient (Wildman–Crippen LogP) is 2.79. The summed E-state index contributed by atoms with van der Waals surface area (Å²) >= 11 is 0. The smallest absolute Gasteiger partial charge is 0.417 e. The third-order valence-corrected chi connectivity index (χ3v) is 2.63. The van der Waals surface area contributed by atoms with Crippen LogP contribution in [0.4, 0.5) is 10.5 Å². The van der Waals surface area contributed by atoms with Crippen LogP contribution in [0.1, 0.15) is 10.4 Å². The lowest BCUT2D eigenvalue weighted by Crippen LogP contribution is -2.17. The van der Waals surface area contributed by atoms with Gasteiger partial charge < -0.3 is 14.6 Å². The van der Waals surface area contributed by atoms with Crippen molar-refractivity contribution in [2.45, 2.75) is 0 Å². The molecule has 1 amide bonds. The Morgan fingerprint density at radius 3 is 2.43 bits per heavy atom. The number of methoxy groups -OCH3 is 1. The maximum Gasteiger partial charge on any atom is 0.417 e. The number of amides is 1. The molecule has 0 saturated carbocycles. The molecular weight excluding hydrogens is 274 g/mol. The van der Waals surface area contributed by atoms with Crippen molar-refractivity contribution in [2.75, 3.05) is 12.4 Å². The summed E-state index contributed by atoms with van der Waals surface area (Å²) in [4.78, 5) is 23.2. The zero-order valence-electron chi connectivity index (χ0n) is 11.2. The van der Waals surface area contributed by atoms with E-state index >= 15 is 0 Å². The van der Waals surface area contributed by atoms with E-state index in [0.29, 0.717) is 5.75 Å². The number of benzene rings is 2. The van der Waals surface area contributed by atoms with E-state index in [0.717, 1.165) is 0 Å². The first-order valence-electron chi connectivity index (χ1n) is 6.06. The number of nitrogens with one attached hydrogen (secondary N) is 1. The Bertz CT molecular complexity index is 654. The molecule has 0 saturated heterocycles. The molecule has 0 unspecified atom stereocenters. The highest BCUT2D eigenvalue weighted by Gasteiger charge is 2.16. The fraction of sp³-hybridized carbons (Fsp3) is 0.0667. The molecule has 2 aromatic carbocycles. The van der Waals surface area contributed by atoms with E-state index < -0.39 is 12.1 Å². The Kier molecular flexibility index (Phi) is 4.40. The fourth-order valence-corrected chi connectivity index (χ4v) is 1.65. The second-order valence-electron chi connectivity index (χ2n) is 4.02. The Morgan fingerprint density at radius 2 is 1.76 bits per heavy atom. The van der Waals surface area contributed by atoms with Gasteiger partial charge in [0, 0.05) is 0 Å². The van der Waals surface area contributed by atoms with E-state index in [2.05, 4.69) is 10.1 Å². The molecule has 0 atom stereocenters. The molecule has 0 aliphatic heterocycles. The number of para-hydroxylation sites is 2. The number of carbonyl (C=O) groups is 2. The van der Waals surface area contributed by atoms with Crippen LogP contribution in [0.3, 0.4) is 0 Å². The summed E-state index contributed by atoms with van der Waals surface area (Å²) < 4.78 is 9.55. The lowest BCUT2D eigenvalue weighted by atomic mass is 10.1. The maximum absolute atomic E-state index is 11.7. The van der Waals surface area contributed by atoms with Crippen molar-refractivity contribution < 1.29 is 24.2 Å². The van der Waals surface area contributed by atoms with Gasteiger partial charge in [0.1, 0.15) is 11.3 Å². The zero-order valence-corrected chi connectivity index (χ0v) is 11.2. The van der Waals surface area contributed by atoms with Crippen molar-refractivity contribution in [3.8, 4) is 11.5 Å². The van der Waals surface area contributed by atoms with Crippen molar-refractivity contribution in [1.29, 1.82) is 0 Å². The van der Waals surface area contributed by atoms with Crippen LogP contribution >= 0.6 is 0 Å². The topological polar surface area (TPSA) is 84.9 Å². The van der Waals surface area contributed by atoms with Crippen molar-refractivity contribution in [2.24, 2.45) is 0 Å². The summed E-state index contributed by atoms with van der Waals surface area (Å²) in [6.45, 7) is 0. The number of phenols is 1. The number of hydrogen-bond acceptors (Lipinski definition) is 5. The quantitative estimate of drug-likeness (QED) is 0.669. The minimum atomic E-state index is -0.779. The molecule has 2 N–H and O–H groups in total. The molecule has 0 radical (unpaired) electrons. The molecule has 2 rings (SSSR count). The molecule has 6 heteroatoms. The van der Waals surface area contributed by atoms with Crippen molar-refractivity contribution in [3.63, 3.8) is 0 Å². The molecule has 0 aliphatic carbocycles. The number of anilines is 1. The van der Waals surface area contributed by atoms with Crippen molar-refractivity contribution in [1.82, 2.24) is 0 Å². The molecule has 0 heterocycles. The van der Waals surface area contributed by atoms with Gasteiger partial charge in [-0.1, -0.05) is 24.3 Å². The minimum Gasteiger partial charge on any atom is -0.505 e. The number of ether oxygens (including phenoxy) is 2. The van der Waals surface area contributed by atoms with Crippen LogP contribution in [-0.4, -0.2) is 24.3 Å². The highest BCUT2D eigenvalue weighted by Crippen LogP contribution is 2.28. The van der Waals surface area contributed by atoms with Crippen LogP contribution in [0, 0.1) is 0 Å². The molecule has 2 aromatic rings. The van der Waals surface area contributed by atoms with Crippen LogP contribution in [0.15, 0.2) is 48.5 Å². The van der Waals surface area contributed by atoms with E-state index in [1.807, 2.05) is 0 Å². The Morgan fingerprint density at radius 1 is 1.05 bits per heavy atom. The Hall–Kier alpha value is -3.02. The summed E-state index contributed by atoms with van der Waals surface area (Å²) in [6, 6.07) is 12.8. The Labute approximate surface area is 120 Å². The van der Waals surface area contributed by atoms with E-state index in [1.165, 1.54) is 25.3 Å². The van der Waals surface area contributed by atoms with Gasteiger partial charge in [-0.25, -0.2) is 9.59 Å². The van der Waals surface area contributed by atoms with Gasteiger partial charge >= 0.3 is 12.1 Å². The number of esters is 1. The molecule has 6 nitrogen and oxygen atoms in total. The number of rotatable bonds is 3. The van der Waals surface area contributed by atoms with Crippen LogP contribution in [0.2, 0.25) is 0 Å². The first kappa shape index (κ1) is 14.4. The van der Waals surface area contributed by atoms with Crippen LogP contribution in [0.25, 0.3) is 0 Å². The van der Waals surface area contributed by atoms with Crippen LogP contribution in [0.5, 0.6) is 11.5 Å². The molecular formula is C15H13NO5. The molecule has 0 aromatic heterocycles. The number of phenolic OH excluding ortho intramolecular Hbond substituents is 1. The molecule has 0 spiro atoms. The predicted molar refractivity (Wildman–Crippen MR) is 75.5 cm³/mol. The van der Waals surface area contributed by atoms with E-state index in [1.54, 1.807) is 30.3 Å². The number of aromatic hydroxyl groups is 1. The molecule has 0 aliphatic rings. The van der Waals surface area contributed by atoms with Gasteiger partial charge in [0.2, 0.25) is 0 Å². The molecule has 21 heavy (non-hydrogen) atoms. The van der Waals surface area contributed by atoms with Crippen molar-refractivity contribution in [3.05, 3.63) is 54.1 Å². The third kappa shape index (κ3) is 3.50. The lowest BCUT2D eigenvalue weighted by molar-refractivity contribution is 0.0597. The highest BCUT2D eigenvalue weighted by molar-refractivity contribution is 5.97. The third-order valence-electron chi connectivity index (χ3n) is 2.63. The SMILES string of the molecule is COC(=O)c1cccc(NC(=O)Oc2ccccc2)c1O. The lowest BCUT2D eigenvalue weighted by Gasteiger charge is -2.10. The van der Waals surface area contributed by atoms with E-state index in [4.69, 9.17) is 4.74 Å². The van der Waals surface area contributed by atoms with E-state index in [-0.39, 0.29) is 17.0 Å². The summed E-state index contributed by atoms with van der Waals surface area (Å²) in [6.07, 6.45) is -0.779. The van der Waals surface area contributed by atoms with Crippen LogP contribution in [-0.2, 0) is 4.74 Å². The standard InChI is InChI=1S/C15H13NO5/c1-20-14(18)11-8-5-9-12(13(11)17)16-15(19)21-10-6-3-2-4-7-10/h2-9,17H,1H3,(H,16,19). The second-order valence-corrected chi connectivity index (χ2v) is 4.02. The van der Waals surface area contributed by atoms with Gasteiger partial charge in [-0.05, 0) is 24.3 Å². The van der Waals surface area contributed by atoms with Gasteiger partial charge in [-0.15, -0.1) is 0 Å². The van der Waals surface area contributed by atoms with Gasteiger partial charge in [0.25, 0.3) is 0 Å². The molecule has 0 fully saturated rings. The normalized spacial score (nSPS) is 9.76. The average Bonchev–Trinajstić information content (AvgIpc) is 2.49. The summed E-state index contributed by atoms with van der Waals surface area (Å²) in [5.74, 6) is -0.722. The maximum atomic E-state index is 11.7. The van der Waals surface area contributed by atoms with Gasteiger partial charge in [-0.2, -0.15) is 0 Å². The summed E-state index contributed by atoms with van der Waals surface area (Å²) in [7, 11) is 1.20. The number of hydrogen-bond donors (Lipinski definition) is 2. The Balaban J connectivity index is 2.13. The highest BCUT2D eigenvalue weighted by atomic mass is 16.6. The summed E-state index contributed by atoms with van der Waals surface area (Å²) in [5, 5.41) is 12.3.